The summed E-state index contributed by atoms with van der Waals surface area (Å²) in [6, 6.07) is 4.18. The summed E-state index contributed by atoms with van der Waals surface area (Å²) in [6.07, 6.45) is -0.573. The molecule has 2 N–H and O–H groups in total. The van der Waals surface area contributed by atoms with Gasteiger partial charge in [0.2, 0.25) is 10.0 Å². The highest BCUT2D eigenvalue weighted by atomic mass is 35.5. The molecule has 1 aliphatic heterocycles. The number of ether oxygens (including phenoxy) is 1. The standard InChI is InChI=1S/C11H12Cl2N2O3S2/c12-8-2-1-7(5-9(8)13)20(16,17)15-3-4-18-10(6-15)11(14)19/h1-2,5,10H,3-4,6H2,(H2,14,19). The molecule has 0 bridgehead atoms. The summed E-state index contributed by atoms with van der Waals surface area (Å²) in [6.45, 7) is 0.572. The van der Waals surface area contributed by atoms with Crippen molar-refractivity contribution in [1.82, 2.24) is 4.31 Å². The maximum absolute atomic E-state index is 12.5. The normalized spacial score (nSPS) is 20.8. The van der Waals surface area contributed by atoms with Gasteiger partial charge in [-0.1, -0.05) is 35.4 Å². The van der Waals surface area contributed by atoms with Crippen LogP contribution in [-0.4, -0.2) is 43.5 Å². The van der Waals surface area contributed by atoms with Crippen LogP contribution >= 0.6 is 35.4 Å². The van der Waals surface area contributed by atoms with Crippen LogP contribution in [0.5, 0.6) is 0 Å². The molecule has 1 fully saturated rings. The largest absolute Gasteiger partial charge is 0.391 e. The van der Waals surface area contributed by atoms with E-state index in [1.807, 2.05) is 0 Å². The van der Waals surface area contributed by atoms with E-state index in [0.717, 1.165) is 0 Å². The molecule has 1 aromatic carbocycles. The highest BCUT2D eigenvalue weighted by molar-refractivity contribution is 7.89. The third kappa shape index (κ3) is 3.24. The molecule has 2 rings (SSSR count). The second kappa shape index (κ2) is 6.13. The predicted molar refractivity (Wildman–Crippen MR) is 81.7 cm³/mol. The summed E-state index contributed by atoms with van der Waals surface area (Å²) in [5.41, 5.74) is 5.50. The van der Waals surface area contributed by atoms with Crippen molar-refractivity contribution in [1.29, 1.82) is 0 Å². The quantitative estimate of drug-likeness (QED) is 0.835. The number of sulfonamides is 1. The van der Waals surface area contributed by atoms with Crippen molar-refractivity contribution >= 4 is 50.4 Å². The average molecular weight is 355 g/mol. The van der Waals surface area contributed by atoms with Crippen molar-refractivity contribution in [2.45, 2.75) is 11.0 Å². The van der Waals surface area contributed by atoms with E-state index >= 15 is 0 Å². The zero-order valence-corrected chi connectivity index (χ0v) is 13.4. The number of thiocarbonyl (C=S) groups is 1. The van der Waals surface area contributed by atoms with Crippen molar-refractivity contribution in [3.63, 3.8) is 0 Å². The average Bonchev–Trinajstić information content (AvgIpc) is 2.42. The summed E-state index contributed by atoms with van der Waals surface area (Å²) in [4.78, 5) is 0.217. The van der Waals surface area contributed by atoms with E-state index in [1.54, 1.807) is 0 Å². The Morgan fingerprint density at radius 3 is 2.70 bits per heavy atom. The van der Waals surface area contributed by atoms with Crippen molar-refractivity contribution in [3.05, 3.63) is 28.2 Å². The van der Waals surface area contributed by atoms with Gasteiger partial charge in [-0.05, 0) is 18.2 Å². The molecule has 0 aromatic heterocycles. The minimum absolute atomic E-state index is 0.0792. The molecular weight excluding hydrogens is 343 g/mol. The topological polar surface area (TPSA) is 72.6 Å². The second-order valence-corrected chi connectivity index (χ2v) is 7.42. The first-order valence-corrected chi connectivity index (χ1v) is 8.29. The van der Waals surface area contributed by atoms with Gasteiger partial charge < -0.3 is 10.5 Å². The lowest BCUT2D eigenvalue weighted by atomic mass is 10.3. The van der Waals surface area contributed by atoms with Crippen LogP contribution in [0.4, 0.5) is 0 Å². The maximum Gasteiger partial charge on any atom is 0.243 e. The van der Waals surface area contributed by atoms with E-state index in [0.29, 0.717) is 5.02 Å². The molecule has 1 atom stereocenters. The lowest BCUT2D eigenvalue weighted by Gasteiger charge is -2.31. The monoisotopic (exact) mass is 354 g/mol. The van der Waals surface area contributed by atoms with Crippen molar-refractivity contribution in [3.8, 4) is 0 Å². The van der Waals surface area contributed by atoms with E-state index in [4.69, 9.17) is 45.9 Å². The Hall–Kier alpha value is -0.440. The first kappa shape index (κ1) is 15.9. The van der Waals surface area contributed by atoms with Crippen LogP contribution in [0.15, 0.2) is 23.1 Å². The molecule has 0 saturated carbocycles. The number of nitrogens with two attached hydrogens (primary N) is 1. The highest BCUT2D eigenvalue weighted by Gasteiger charge is 2.32. The smallest absolute Gasteiger partial charge is 0.243 e. The number of benzene rings is 1. The Balaban J connectivity index is 2.29. The predicted octanol–water partition coefficient (Wildman–Crippen LogP) is 1.67. The lowest BCUT2D eigenvalue weighted by molar-refractivity contribution is 0.0386. The zero-order valence-electron chi connectivity index (χ0n) is 10.3. The minimum Gasteiger partial charge on any atom is -0.391 e. The first-order valence-electron chi connectivity index (χ1n) is 5.68. The van der Waals surface area contributed by atoms with Gasteiger partial charge in [-0.3, -0.25) is 0 Å². The summed E-state index contributed by atoms with van der Waals surface area (Å²) in [5.74, 6) is 0. The van der Waals surface area contributed by atoms with Crippen LogP contribution in [-0.2, 0) is 14.8 Å². The molecule has 1 unspecified atom stereocenters. The third-order valence-electron chi connectivity index (χ3n) is 2.88. The molecule has 5 nitrogen and oxygen atoms in total. The molecule has 1 heterocycles. The van der Waals surface area contributed by atoms with Gasteiger partial charge in [0.25, 0.3) is 0 Å². The number of hydrogen-bond acceptors (Lipinski definition) is 4. The molecule has 1 saturated heterocycles. The summed E-state index contributed by atoms with van der Waals surface area (Å²) in [5, 5.41) is 0.487. The molecule has 110 valence electrons. The number of rotatable bonds is 3. The number of morpholine rings is 1. The molecule has 0 radical (unpaired) electrons. The van der Waals surface area contributed by atoms with Gasteiger partial charge >= 0.3 is 0 Å². The van der Waals surface area contributed by atoms with Crippen molar-refractivity contribution in [2.24, 2.45) is 5.73 Å². The van der Waals surface area contributed by atoms with Gasteiger partial charge in [0.15, 0.2) is 0 Å². The Kier molecular flexibility index (Phi) is 4.88. The zero-order chi connectivity index (χ0) is 14.9. The number of hydrogen-bond donors (Lipinski definition) is 1. The first-order chi connectivity index (χ1) is 9.32. The summed E-state index contributed by atoms with van der Waals surface area (Å²) >= 11 is 16.5. The summed E-state index contributed by atoms with van der Waals surface area (Å²) < 4.78 is 31.6. The van der Waals surface area contributed by atoms with Gasteiger partial charge in [-0.15, -0.1) is 0 Å². The van der Waals surface area contributed by atoms with Crippen molar-refractivity contribution in [2.75, 3.05) is 19.7 Å². The minimum atomic E-state index is -3.67. The molecule has 0 aliphatic carbocycles. The molecule has 1 aromatic rings. The van der Waals surface area contributed by atoms with Crippen LogP contribution in [0, 0.1) is 0 Å². The van der Waals surface area contributed by atoms with Crippen LogP contribution in [0.2, 0.25) is 10.0 Å². The molecule has 0 spiro atoms. The van der Waals surface area contributed by atoms with Crippen LogP contribution < -0.4 is 5.73 Å². The molecular formula is C11H12Cl2N2O3S2. The van der Waals surface area contributed by atoms with E-state index < -0.39 is 16.1 Å². The third-order valence-corrected chi connectivity index (χ3v) is 5.74. The van der Waals surface area contributed by atoms with Crippen molar-refractivity contribution < 1.29 is 13.2 Å². The fourth-order valence-electron chi connectivity index (χ4n) is 1.80. The van der Waals surface area contributed by atoms with E-state index in [-0.39, 0.29) is 34.6 Å². The maximum atomic E-state index is 12.5. The Labute approximate surface area is 132 Å². The molecule has 20 heavy (non-hydrogen) atoms. The summed E-state index contributed by atoms with van der Waals surface area (Å²) in [7, 11) is -3.67. The van der Waals surface area contributed by atoms with Crippen LogP contribution in [0.1, 0.15) is 0 Å². The van der Waals surface area contributed by atoms with Crippen LogP contribution in [0.3, 0.4) is 0 Å². The Morgan fingerprint density at radius 1 is 1.40 bits per heavy atom. The van der Waals surface area contributed by atoms with Gasteiger partial charge in [-0.2, -0.15) is 4.31 Å². The van der Waals surface area contributed by atoms with E-state index in [1.165, 1.54) is 22.5 Å². The second-order valence-electron chi connectivity index (χ2n) is 4.20. The molecule has 9 heteroatoms. The number of halogens is 2. The van der Waals surface area contributed by atoms with Gasteiger partial charge in [-0.25, -0.2) is 8.42 Å². The molecule has 0 amide bonds. The van der Waals surface area contributed by atoms with E-state index in [2.05, 4.69) is 0 Å². The SMILES string of the molecule is NC(=S)C1CN(S(=O)(=O)c2ccc(Cl)c(Cl)c2)CCO1. The Morgan fingerprint density at radius 2 is 2.10 bits per heavy atom. The highest BCUT2D eigenvalue weighted by Crippen LogP contribution is 2.27. The fraction of sp³-hybridized carbons (Fsp3) is 0.364. The van der Waals surface area contributed by atoms with E-state index in [9.17, 15) is 8.42 Å². The Bertz CT molecular complexity index is 637. The van der Waals surface area contributed by atoms with Gasteiger partial charge in [0.1, 0.15) is 11.1 Å². The number of nitrogens with zero attached hydrogens (tertiary/aromatic N) is 1. The molecule has 1 aliphatic rings. The van der Waals surface area contributed by atoms with Crippen LogP contribution in [0.25, 0.3) is 0 Å². The fourth-order valence-corrected chi connectivity index (χ4v) is 3.76. The lowest BCUT2D eigenvalue weighted by Crippen LogP contribution is -2.49. The van der Waals surface area contributed by atoms with Gasteiger partial charge in [0, 0.05) is 13.1 Å². The van der Waals surface area contributed by atoms with Gasteiger partial charge in [0.05, 0.1) is 21.5 Å².